The SMILES string of the molecule is CCc1nc(Sc2c(C#N)c(=O)n(C)c(=O)n2C)n[nH]1. The van der Waals surface area contributed by atoms with Crippen LogP contribution in [0.1, 0.15) is 18.3 Å². The first-order valence-corrected chi connectivity index (χ1v) is 6.60. The number of aromatic nitrogens is 5. The number of nitriles is 1. The highest BCUT2D eigenvalue weighted by Crippen LogP contribution is 2.24. The van der Waals surface area contributed by atoms with Gasteiger partial charge in [0.05, 0.1) is 0 Å². The van der Waals surface area contributed by atoms with Crippen LogP contribution in [0, 0.1) is 11.3 Å². The zero-order chi connectivity index (χ0) is 14.9. The van der Waals surface area contributed by atoms with Crippen molar-refractivity contribution in [3.05, 3.63) is 32.2 Å². The standard InChI is InChI=1S/C11H12N6O2S/c1-4-7-13-10(15-14-7)20-9-6(5-12)8(18)16(2)11(19)17(9)3/h4H2,1-3H3,(H,13,14,15). The Morgan fingerprint density at radius 3 is 2.60 bits per heavy atom. The van der Waals surface area contributed by atoms with E-state index in [4.69, 9.17) is 5.26 Å². The van der Waals surface area contributed by atoms with Crippen LogP contribution in [0.15, 0.2) is 19.8 Å². The van der Waals surface area contributed by atoms with E-state index in [2.05, 4.69) is 15.2 Å². The van der Waals surface area contributed by atoms with E-state index in [1.54, 1.807) is 0 Å². The van der Waals surface area contributed by atoms with Crippen LogP contribution in [0.3, 0.4) is 0 Å². The Labute approximate surface area is 118 Å². The van der Waals surface area contributed by atoms with E-state index in [1.807, 2.05) is 13.0 Å². The van der Waals surface area contributed by atoms with E-state index in [0.717, 1.165) is 16.3 Å². The van der Waals surface area contributed by atoms with Crippen molar-refractivity contribution < 1.29 is 0 Å². The molecule has 8 nitrogen and oxygen atoms in total. The number of nitrogens with one attached hydrogen (secondary N) is 1. The Morgan fingerprint density at radius 1 is 1.35 bits per heavy atom. The molecule has 1 N–H and O–H groups in total. The molecule has 0 aliphatic rings. The monoisotopic (exact) mass is 292 g/mol. The zero-order valence-corrected chi connectivity index (χ0v) is 12.0. The van der Waals surface area contributed by atoms with Crippen LogP contribution in [-0.2, 0) is 20.5 Å². The van der Waals surface area contributed by atoms with Crippen molar-refractivity contribution in [2.24, 2.45) is 14.1 Å². The van der Waals surface area contributed by atoms with E-state index in [-0.39, 0.29) is 10.6 Å². The van der Waals surface area contributed by atoms with Gasteiger partial charge in [-0.15, -0.1) is 5.10 Å². The Morgan fingerprint density at radius 2 is 2.05 bits per heavy atom. The lowest BCUT2D eigenvalue weighted by atomic mass is 10.3. The minimum atomic E-state index is -0.621. The van der Waals surface area contributed by atoms with E-state index in [0.29, 0.717) is 17.4 Å². The van der Waals surface area contributed by atoms with Gasteiger partial charge in [0, 0.05) is 20.5 Å². The van der Waals surface area contributed by atoms with Crippen LogP contribution in [0.4, 0.5) is 0 Å². The number of nitrogens with zero attached hydrogens (tertiary/aromatic N) is 5. The van der Waals surface area contributed by atoms with Crippen molar-refractivity contribution in [2.75, 3.05) is 0 Å². The van der Waals surface area contributed by atoms with Gasteiger partial charge >= 0.3 is 5.69 Å². The van der Waals surface area contributed by atoms with Gasteiger partial charge in [0.1, 0.15) is 22.5 Å². The molecule has 2 aromatic heterocycles. The molecule has 2 heterocycles. The molecule has 104 valence electrons. The fourth-order valence-electron chi connectivity index (χ4n) is 1.61. The maximum absolute atomic E-state index is 11.9. The molecule has 0 aliphatic carbocycles. The lowest BCUT2D eigenvalue weighted by Gasteiger charge is -2.08. The largest absolute Gasteiger partial charge is 0.331 e. The molecular weight excluding hydrogens is 280 g/mol. The summed E-state index contributed by atoms with van der Waals surface area (Å²) in [5, 5.41) is 16.4. The maximum Gasteiger partial charge on any atom is 0.331 e. The number of H-pyrrole nitrogens is 1. The van der Waals surface area contributed by atoms with Gasteiger partial charge in [0.25, 0.3) is 5.56 Å². The third kappa shape index (κ3) is 2.25. The molecule has 0 aliphatic heterocycles. The second-order valence-corrected chi connectivity index (χ2v) is 4.97. The summed E-state index contributed by atoms with van der Waals surface area (Å²) in [6, 6.07) is 1.83. The summed E-state index contributed by atoms with van der Waals surface area (Å²) in [6.07, 6.45) is 0.689. The van der Waals surface area contributed by atoms with Gasteiger partial charge in [0.15, 0.2) is 0 Å². The quantitative estimate of drug-likeness (QED) is 0.784. The second-order valence-electron chi connectivity index (χ2n) is 4.02. The fourth-order valence-corrected chi connectivity index (χ4v) is 2.48. The summed E-state index contributed by atoms with van der Waals surface area (Å²) >= 11 is 1.01. The Balaban J connectivity index is 2.60. The maximum atomic E-state index is 11.9. The second kappa shape index (κ2) is 5.34. The normalized spacial score (nSPS) is 10.5. The van der Waals surface area contributed by atoms with Gasteiger partial charge in [-0.25, -0.2) is 9.78 Å². The van der Waals surface area contributed by atoms with E-state index in [1.165, 1.54) is 18.7 Å². The fraction of sp³-hybridized carbons (Fsp3) is 0.364. The van der Waals surface area contributed by atoms with Gasteiger partial charge < -0.3 is 0 Å². The van der Waals surface area contributed by atoms with Crippen LogP contribution in [-0.4, -0.2) is 24.3 Å². The lowest BCUT2D eigenvalue weighted by Crippen LogP contribution is -2.39. The van der Waals surface area contributed by atoms with E-state index < -0.39 is 11.2 Å². The smallest absolute Gasteiger partial charge is 0.289 e. The molecule has 0 saturated heterocycles. The molecule has 2 rings (SSSR count). The Hall–Kier alpha value is -2.34. The first kappa shape index (κ1) is 14.1. The van der Waals surface area contributed by atoms with Crippen LogP contribution in [0.5, 0.6) is 0 Å². The first-order valence-electron chi connectivity index (χ1n) is 5.78. The first-order chi connectivity index (χ1) is 9.49. The molecule has 0 atom stereocenters. The predicted molar refractivity (Wildman–Crippen MR) is 71.5 cm³/mol. The van der Waals surface area contributed by atoms with Gasteiger partial charge in [-0.2, -0.15) is 5.26 Å². The summed E-state index contributed by atoms with van der Waals surface area (Å²) in [6.45, 7) is 1.92. The highest BCUT2D eigenvalue weighted by Gasteiger charge is 2.18. The van der Waals surface area contributed by atoms with Gasteiger partial charge in [-0.3, -0.25) is 19.0 Å². The van der Waals surface area contributed by atoms with Crippen molar-refractivity contribution in [3.8, 4) is 6.07 Å². The van der Waals surface area contributed by atoms with Crippen LogP contribution >= 0.6 is 11.8 Å². The van der Waals surface area contributed by atoms with Gasteiger partial charge in [-0.05, 0) is 11.8 Å². The topological polar surface area (TPSA) is 109 Å². The average Bonchev–Trinajstić information content (AvgIpc) is 2.90. The number of rotatable bonds is 3. The summed E-state index contributed by atoms with van der Waals surface area (Å²) < 4.78 is 2.14. The number of aromatic amines is 1. The highest BCUT2D eigenvalue weighted by molar-refractivity contribution is 7.99. The van der Waals surface area contributed by atoms with Gasteiger partial charge in [-0.1, -0.05) is 6.92 Å². The van der Waals surface area contributed by atoms with Crippen LogP contribution in [0.2, 0.25) is 0 Å². The molecule has 9 heteroatoms. The molecule has 0 spiro atoms. The molecule has 0 radical (unpaired) electrons. The Kier molecular flexibility index (Phi) is 3.76. The third-order valence-electron chi connectivity index (χ3n) is 2.76. The number of aryl methyl sites for hydroxylation is 1. The number of hydrogen-bond donors (Lipinski definition) is 1. The molecule has 0 bridgehead atoms. The lowest BCUT2D eigenvalue weighted by molar-refractivity contribution is 0.630. The predicted octanol–water partition coefficient (Wildman–Crippen LogP) is -0.213. The Bertz CT molecular complexity index is 810. The minimum Gasteiger partial charge on any atom is -0.289 e. The highest BCUT2D eigenvalue weighted by atomic mass is 32.2. The zero-order valence-electron chi connectivity index (χ0n) is 11.2. The minimum absolute atomic E-state index is 0.0950. The van der Waals surface area contributed by atoms with Crippen LogP contribution in [0.25, 0.3) is 0 Å². The van der Waals surface area contributed by atoms with Crippen molar-refractivity contribution in [3.63, 3.8) is 0 Å². The third-order valence-corrected chi connectivity index (χ3v) is 3.79. The molecule has 2 aromatic rings. The number of hydrogen-bond acceptors (Lipinski definition) is 6. The van der Waals surface area contributed by atoms with E-state index >= 15 is 0 Å². The molecule has 0 saturated carbocycles. The van der Waals surface area contributed by atoms with Crippen molar-refractivity contribution in [1.29, 1.82) is 5.26 Å². The summed E-state index contributed by atoms with van der Waals surface area (Å²) in [5.74, 6) is 0.694. The van der Waals surface area contributed by atoms with E-state index in [9.17, 15) is 9.59 Å². The summed E-state index contributed by atoms with van der Waals surface area (Å²) in [7, 11) is 2.83. The molecule has 0 amide bonds. The summed E-state index contributed by atoms with van der Waals surface area (Å²) in [4.78, 5) is 28.0. The van der Waals surface area contributed by atoms with Crippen LogP contribution < -0.4 is 11.2 Å². The molecular formula is C11H12N6O2S. The molecule has 0 fully saturated rings. The molecule has 0 aromatic carbocycles. The average molecular weight is 292 g/mol. The van der Waals surface area contributed by atoms with Crippen molar-refractivity contribution in [1.82, 2.24) is 24.3 Å². The van der Waals surface area contributed by atoms with Gasteiger partial charge in [0.2, 0.25) is 5.16 Å². The van der Waals surface area contributed by atoms with Crippen molar-refractivity contribution >= 4 is 11.8 Å². The van der Waals surface area contributed by atoms with Crippen molar-refractivity contribution in [2.45, 2.75) is 23.5 Å². The summed E-state index contributed by atoms with van der Waals surface area (Å²) in [5.41, 5.74) is -1.21. The molecule has 0 unspecified atom stereocenters. The molecule has 20 heavy (non-hydrogen) atoms.